The van der Waals surface area contributed by atoms with Crippen LogP contribution in [-0.2, 0) is 10.7 Å². The number of hydrogen-bond donors (Lipinski definition) is 0. The fourth-order valence-electron chi connectivity index (χ4n) is 1.83. The predicted molar refractivity (Wildman–Crippen MR) is 80.1 cm³/mol. The second kappa shape index (κ2) is 6.65. The average Bonchev–Trinajstić information content (AvgIpc) is 2.47. The van der Waals surface area contributed by atoms with Crippen LogP contribution in [0.1, 0.15) is 15.9 Å². The number of benzene rings is 2. The third-order valence-corrected chi connectivity index (χ3v) is 4.45. The third kappa shape index (κ3) is 3.24. The Hall–Kier alpha value is -1.70. The highest BCUT2D eigenvalue weighted by atomic mass is 35.5. The smallest absolute Gasteiger partial charge is 0.425 e. The van der Waals surface area contributed by atoms with Crippen LogP contribution >= 0.6 is 19.4 Å². The molecule has 20 heavy (non-hydrogen) atoms. The van der Waals surface area contributed by atoms with Gasteiger partial charge in [-0.1, -0.05) is 52.6 Å². The zero-order valence-corrected chi connectivity index (χ0v) is 12.5. The second-order valence-corrected chi connectivity index (χ2v) is 6.03. The second-order valence-electron chi connectivity index (χ2n) is 4.14. The Morgan fingerprint density at radius 1 is 1.15 bits per heavy atom. The van der Waals surface area contributed by atoms with Crippen molar-refractivity contribution in [2.45, 2.75) is 6.16 Å². The fourth-order valence-corrected chi connectivity index (χ4v) is 3.31. The van der Waals surface area contributed by atoms with E-state index in [0.717, 1.165) is 5.56 Å². The Labute approximate surface area is 123 Å². The number of rotatable bonds is 5. The summed E-state index contributed by atoms with van der Waals surface area (Å²) in [7, 11) is -0.635. The van der Waals surface area contributed by atoms with Crippen LogP contribution in [-0.4, -0.2) is 12.6 Å². The molecule has 0 saturated carbocycles. The van der Waals surface area contributed by atoms with E-state index in [0.29, 0.717) is 5.75 Å². The maximum Gasteiger partial charge on any atom is 0.425 e. The summed E-state index contributed by atoms with van der Waals surface area (Å²) in [5.74, 6) is 0.346. The molecule has 0 N–H and O–H groups in total. The fraction of sp³-hybridized carbons (Fsp3) is 0.133. The highest BCUT2D eigenvalue weighted by molar-refractivity contribution is 7.63. The van der Waals surface area contributed by atoms with Gasteiger partial charge in [0.2, 0.25) is 0 Å². The zero-order chi connectivity index (χ0) is 14.5. The normalized spacial score (nSPS) is 11.0. The van der Waals surface area contributed by atoms with Gasteiger partial charge in [-0.15, -0.1) is 0 Å². The molecule has 1 atom stereocenters. The lowest BCUT2D eigenvalue weighted by Gasteiger charge is -2.04. The Bertz CT molecular complexity index is 641. The lowest BCUT2D eigenvalue weighted by atomic mass is 10.2. The molecule has 102 valence electrons. The van der Waals surface area contributed by atoms with Gasteiger partial charge in [0.05, 0.1) is 12.1 Å². The van der Waals surface area contributed by atoms with Crippen molar-refractivity contribution in [1.29, 1.82) is 0 Å². The minimum Gasteiger partial charge on any atom is -0.496 e. The average molecular weight is 308 g/mol. The minimum absolute atomic E-state index is 0.189. The molecule has 0 aromatic heterocycles. The van der Waals surface area contributed by atoms with Gasteiger partial charge in [-0.2, -0.15) is 0 Å². The number of ether oxygens (including phenoxy) is 1. The molecule has 0 aliphatic carbocycles. The van der Waals surface area contributed by atoms with Crippen molar-refractivity contribution < 1.29 is 14.1 Å². The van der Waals surface area contributed by atoms with E-state index in [9.17, 15) is 9.36 Å². The Kier molecular flexibility index (Phi) is 4.89. The van der Waals surface area contributed by atoms with Gasteiger partial charge in [0.25, 0.3) is 0 Å². The van der Waals surface area contributed by atoms with E-state index in [1.807, 2.05) is 30.3 Å². The van der Waals surface area contributed by atoms with Crippen molar-refractivity contribution >= 4 is 24.9 Å². The molecule has 0 spiro atoms. The molecule has 5 heteroatoms. The number of carbonyl (C=O) groups excluding carboxylic acids is 1. The van der Waals surface area contributed by atoms with E-state index in [1.165, 1.54) is 7.11 Å². The summed E-state index contributed by atoms with van der Waals surface area (Å²) < 4.78 is 17.3. The molecule has 3 nitrogen and oxygen atoms in total. The topological polar surface area (TPSA) is 43.4 Å². The summed E-state index contributed by atoms with van der Waals surface area (Å²) in [6.07, 6.45) is 0.198. The standard InChI is InChI=1S/C15H13ClO3P/c1-19-13-9-5-8-12(16)14(13)15(17)20(18)10-11-6-3-2-4-7-11/h2-9H,10H2,1H3/q+1. The van der Waals surface area contributed by atoms with Gasteiger partial charge >= 0.3 is 13.3 Å². The quantitative estimate of drug-likeness (QED) is 0.763. The van der Waals surface area contributed by atoms with E-state index >= 15 is 0 Å². The lowest BCUT2D eigenvalue weighted by molar-refractivity contribution is 0.107. The molecule has 0 radical (unpaired) electrons. The van der Waals surface area contributed by atoms with Crippen LogP contribution in [0.3, 0.4) is 0 Å². The molecule has 0 aliphatic rings. The monoisotopic (exact) mass is 307 g/mol. The van der Waals surface area contributed by atoms with Gasteiger partial charge in [0.1, 0.15) is 11.3 Å². The number of methoxy groups -OCH3 is 1. The highest BCUT2D eigenvalue weighted by Gasteiger charge is 2.34. The zero-order valence-electron chi connectivity index (χ0n) is 10.9. The third-order valence-electron chi connectivity index (χ3n) is 2.80. The molecule has 0 amide bonds. The molecule has 0 saturated heterocycles. The van der Waals surface area contributed by atoms with Crippen molar-refractivity contribution in [3.8, 4) is 5.75 Å². The van der Waals surface area contributed by atoms with Crippen molar-refractivity contribution in [3.63, 3.8) is 0 Å². The molecule has 0 heterocycles. The molecule has 2 rings (SSSR count). The van der Waals surface area contributed by atoms with Gasteiger partial charge in [-0.25, -0.2) is 4.79 Å². The summed E-state index contributed by atoms with van der Waals surface area (Å²) >= 11 is 6.02. The van der Waals surface area contributed by atoms with Gasteiger partial charge in [0.15, 0.2) is 6.16 Å². The molecular formula is C15H13ClO3P+. The first-order chi connectivity index (χ1) is 9.63. The molecule has 1 unspecified atom stereocenters. The van der Waals surface area contributed by atoms with Crippen molar-refractivity contribution in [3.05, 3.63) is 64.7 Å². The van der Waals surface area contributed by atoms with Crippen molar-refractivity contribution in [1.82, 2.24) is 0 Å². The highest BCUT2D eigenvalue weighted by Crippen LogP contribution is 2.38. The molecule has 0 aliphatic heterocycles. The minimum atomic E-state index is -2.09. The number of hydrogen-bond acceptors (Lipinski definition) is 3. The van der Waals surface area contributed by atoms with E-state index in [1.54, 1.807) is 18.2 Å². The van der Waals surface area contributed by atoms with E-state index in [-0.39, 0.29) is 16.7 Å². The Morgan fingerprint density at radius 2 is 1.85 bits per heavy atom. The van der Waals surface area contributed by atoms with Gasteiger partial charge in [0, 0.05) is 5.56 Å². The summed E-state index contributed by atoms with van der Waals surface area (Å²) in [4.78, 5) is 12.3. The van der Waals surface area contributed by atoms with Gasteiger partial charge in [-0.3, -0.25) is 0 Å². The largest absolute Gasteiger partial charge is 0.496 e. The molecule has 2 aromatic carbocycles. The van der Waals surface area contributed by atoms with Crippen molar-refractivity contribution in [2.24, 2.45) is 0 Å². The van der Waals surface area contributed by atoms with Crippen LogP contribution in [0, 0.1) is 0 Å². The summed E-state index contributed by atoms with van der Waals surface area (Å²) in [6, 6.07) is 14.1. The number of carbonyl (C=O) groups is 1. The maximum absolute atomic E-state index is 12.3. The molecule has 2 aromatic rings. The van der Waals surface area contributed by atoms with E-state index in [4.69, 9.17) is 16.3 Å². The first-order valence-electron chi connectivity index (χ1n) is 5.99. The van der Waals surface area contributed by atoms with Crippen LogP contribution < -0.4 is 4.74 Å². The van der Waals surface area contributed by atoms with Gasteiger partial charge < -0.3 is 4.74 Å². The van der Waals surface area contributed by atoms with Gasteiger partial charge in [-0.05, 0) is 12.1 Å². The first kappa shape index (κ1) is 14.7. The van der Waals surface area contributed by atoms with Crippen LogP contribution in [0.2, 0.25) is 5.02 Å². The summed E-state index contributed by atoms with van der Waals surface area (Å²) in [6.45, 7) is 0. The van der Waals surface area contributed by atoms with Crippen LogP contribution in [0.25, 0.3) is 0 Å². The molecule has 0 fully saturated rings. The predicted octanol–water partition coefficient (Wildman–Crippen LogP) is 4.52. The summed E-state index contributed by atoms with van der Waals surface area (Å²) in [5.41, 5.74) is 0.563. The first-order valence-corrected chi connectivity index (χ1v) is 7.81. The van der Waals surface area contributed by atoms with Crippen molar-refractivity contribution in [2.75, 3.05) is 7.11 Å². The van der Waals surface area contributed by atoms with Crippen LogP contribution in [0.5, 0.6) is 5.75 Å². The van der Waals surface area contributed by atoms with E-state index < -0.39 is 13.3 Å². The SMILES string of the molecule is COc1cccc(Cl)c1C(=O)[P+](=O)Cc1ccccc1. The Morgan fingerprint density at radius 3 is 2.50 bits per heavy atom. The maximum atomic E-state index is 12.3. The summed E-state index contributed by atoms with van der Waals surface area (Å²) in [5, 5.41) is 0.255. The van der Waals surface area contributed by atoms with E-state index in [2.05, 4.69) is 0 Å². The molecular weight excluding hydrogens is 295 g/mol. The lowest BCUT2D eigenvalue weighted by Crippen LogP contribution is -2.00. The molecule has 0 bridgehead atoms. The number of halogens is 1. The van der Waals surface area contributed by atoms with Crippen LogP contribution in [0.15, 0.2) is 48.5 Å². The Balaban J connectivity index is 2.26. The van der Waals surface area contributed by atoms with Crippen LogP contribution in [0.4, 0.5) is 0 Å².